The summed E-state index contributed by atoms with van der Waals surface area (Å²) in [4.78, 5) is 26.7. The van der Waals surface area contributed by atoms with E-state index in [1.807, 2.05) is 51.1 Å². The van der Waals surface area contributed by atoms with Crippen molar-refractivity contribution in [2.75, 3.05) is 18.1 Å². The van der Waals surface area contributed by atoms with Crippen LogP contribution < -0.4 is 21.6 Å². The molecule has 0 bridgehead atoms. The van der Waals surface area contributed by atoms with Gasteiger partial charge in [0.05, 0.1) is 0 Å². The second kappa shape index (κ2) is 9.03. The number of hydrogen-bond acceptors (Lipinski definition) is 5. The Bertz CT molecular complexity index is 616. The molecule has 6 nitrogen and oxygen atoms in total. The van der Waals surface area contributed by atoms with E-state index >= 15 is 0 Å². The van der Waals surface area contributed by atoms with Crippen molar-refractivity contribution in [3.05, 3.63) is 35.9 Å². The van der Waals surface area contributed by atoms with E-state index in [9.17, 15) is 9.59 Å². The Kier molecular flexibility index (Phi) is 7.28. The van der Waals surface area contributed by atoms with Gasteiger partial charge in [0.1, 0.15) is 0 Å². The molecule has 0 radical (unpaired) electrons. The van der Waals surface area contributed by atoms with E-state index < -0.39 is 38.9 Å². The second-order valence-electron chi connectivity index (χ2n) is 7.24. The van der Waals surface area contributed by atoms with Gasteiger partial charge in [-0.25, -0.2) is 0 Å². The SMILES string of the molecule is COC(=O)C1(C[I-]OCc2ccccc2)CCCN1C(=O)OC(C)(C)C. The number of halogens is 1. The Balaban J connectivity index is 2.04. The Morgan fingerprint density at radius 3 is 2.54 bits per heavy atom. The fourth-order valence-electron chi connectivity index (χ4n) is 2.86. The first-order chi connectivity index (χ1) is 12.3. The predicted octanol–water partition coefficient (Wildman–Crippen LogP) is 0.150. The Hall–Kier alpha value is -1.35. The van der Waals surface area contributed by atoms with Gasteiger partial charge in [-0.3, -0.25) is 0 Å². The first kappa shape index (κ1) is 21.0. The summed E-state index contributed by atoms with van der Waals surface area (Å²) in [6.07, 6.45) is 0.858. The number of esters is 1. The second-order valence-corrected chi connectivity index (χ2v) is 9.25. The van der Waals surface area contributed by atoms with E-state index in [2.05, 4.69) is 0 Å². The molecule has 26 heavy (non-hydrogen) atoms. The van der Waals surface area contributed by atoms with Crippen LogP contribution >= 0.6 is 0 Å². The minimum absolute atomic E-state index is 0.385. The number of carbonyl (C=O) groups excluding carboxylic acids is 2. The summed E-state index contributed by atoms with van der Waals surface area (Å²) < 4.78 is 16.9. The van der Waals surface area contributed by atoms with Crippen LogP contribution in [0.5, 0.6) is 0 Å². The number of carbonyl (C=O) groups is 2. The third-order valence-corrected chi connectivity index (χ3v) is 6.41. The molecule has 1 aromatic rings. The number of ether oxygens (including phenoxy) is 2. The van der Waals surface area contributed by atoms with E-state index in [1.54, 1.807) is 0 Å². The molecular weight excluding hydrogens is 449 g/mol. The number of benzene rings is 1. The van der Waals surface area contributed by atoms with Crippen molar-refractivity contribution in [1.29, 1.82) is 0 Å². The van der Waals surface area contributed by atoms with Crippen LogP contribution in [-0.4, -0.2) is 46.2 Å². The van der Waals surface area contributed by atoms with Crippen molar-refractivity contribution in [3.63, 3.8) is 0 Å². The zero-order valence-corrected chi connectivity index (χ0v) is 17.9. The van der Waals surface area contributed by atoms with Crippen LogP contribution in [0.3, 0.4) is 0 Å². The molecule has 1 aromatic carbocycles. The van der Waals surface area contributed by atoms with Crippen LogP contribution in [0.15, 0.2) is 30.3 Å². The normalized spacial score (nSPS) is 20.2. The Morgan fingerprint density at radius 1 is 1.23 bits per heavy atom. The summed E-state index contributed by atoms with van der Waals surface area (Å²) in [6, 6.07) is 9.90. The molecule has 1 heterocycles. The molecule has 1 aliphatic rings. The predicted molar refractivity (Wildman–Crippen MR) is 93.0 cm³/mol. The van der Waals surface area contributed by atoms with E-state index in [1.165, 1.54) is 12.0 Å². The number of rotatable bonds is 6. The van der Waals surface area contributed by atoms with Crippen LogP contribution in [0.2, 0.25) is 0 Å². The quantitative estimate of drug-likeness (QED) is 0.253. The summed E-state index contributed by atoms with van der Waals surface area (Å²) in [7, 11) is 1.36. The van der Waals surface area contributed by atoms with Gasteiger partial charge in [-0.2, -0.15) is 0 Å². The first-order valence-electron chi connectivity index (χ1n) is 8.62. The summed E-state index contributed by atoms with van der Waals surface area (Å²) in [6.45, 7) is 6.45. The molecule has 1 atom stereocenters. The van der Waals surface area contributed by atoms with Crippen molar-refractivity contribution in [1.82, 2.24) is 4.90 Å². The molecule has 0 aromatic heterocycles. The number of nitrogens with zero attached hydrogens (tertiary/aromatic N) is 1. The molecule has 7 heteroatoms. The maximum atomic E-state index is 12.6. The third-order valence-electron chi connectivity index (χ3n) is 4.08. The molecule has 1 saturated heterocycles. The Morgan fingerprint density at radius 2 is 1.92 bits per heavy atom. The summed E-state index contributed by atoms with van der Waals surface area (Å²) in [5.74, 6) is -0.385. The van der Waals surface area contributed by atoms with Crippen molar-refractivity contribution < 1.29 is 43.7 Å². The van der Waals surface area contributed by atoms with Gasteiger partial charge in [-0.05, 0) is 0 Å². The monoisotopic (exact) mass is 476 g/mol. The average molecular weight is 476 g/mol. The summed E-state index contributed by atoms with van der Waals surface area (Å²) >= 11 is -0.740. The molecule has 0 saturated carbocycles. The number of hydrogen-bond donors (Lipinski definition) is 0. The van der Waals surface area contributed by atoms with Gasteiger partial charge in [0, 0.05) is 0 Å². The fraction of sp³-hybridized carbons (Fsp3) is 0.579. The average Bonchev–Trinajstić information content (AvgIpc) is 3.03. The van der Waals surface area contributed by atoms with E-state index in [0.29, 0.717) is 24.0 Å². The molecule has 1 aliphatic heterocycles. The fourth-order valence-corrected chi connectivity index (χ4v) is 5.28. The zero-order chi connectivity index (χ0) is 19.2. The first-order valence-corrected chi connectivity index (χ1v) is 11.0. The van der Waals surface area contributed by atoms with Gasteiger partial charge in [0.15, 0.2) is 0 Å². The minimum atomic E-state index is -0.971. The summed E-state index contributed by atoms with van der Waals surface area (Å²) in [5.41, 5.74) is -0.490. The van der Waals surface area contributed by atoms with Crippen molar-refractivity contribution in [2.24, 2.45) is 0 Å². The number of alkyl halides is 1. The molecular formula is C19H27INO5-. The summed E-state index contributed by atoms with van der Waals surface area (Å²) in [5, 5.41) is 0. The van der Waals surface area contributed by atoms with Crippen LogP contribution in [0.25, 0.3) is 0 Å². The number of likely N-dealkylation sites (tertiary alicyclic amines) is 1. The van der Waals surface area contributed by atoms with Gasteiger partial charge in [0.2, 0.25) is 0 Å². The van der Waals surface area contributed by atoms with Gasteiger partial charge < -0.3 is 0 Å². The van der Waals surface area contributed by atoms with Crippen LogP contribution in [-0.2, 0) is 23.9 Å². The molecule has 1 unspecified atom stereocenters. The topological polar surface area (TPSA) is 65.1 Å². The molecule has 146 valence electrons. The van der Waals surface area contributed by atoms with Crippen molar-refractivity contribution in [3.8, 4) is 0 Å². The molecule has 1 amide bonds. The molecule has 0 aliphatic carbocycles. The number of amides is 1. The number of methoxy groups -OCH3 is 1. The Labute approximate surface area is 166 Å². The zero-order valence-electron chi connectivity index (χ0n) is 15.8. The maximum absolute atomic E-state index is 12.6. The van der Waals surface area contributed by atoms with Crippen LogP contribution in [0.4, 0.5) is 4.79 Å². The molecule has 2 rings (SSSR count). The molecule has 0 N–H and O–H groups in total. The van der Waals surface area contributed by atoms with E-state index in [-0.39, 0.29) is 5.97 Å². The van der Waals surface area contributed by atoms with Crippen molar-refractivity contribution >= 4 is 12.1 Å². The van der Waals surface area contributed by atoms with Crippen LogP contribution in [0, 0.1) is 0 Å². The van der Waals surface area contributed by atoms with Gasteiger partial charge in [-0.1, -0.05) is 0 Å². The van der Waals surface area contributed by atoms with Gasteiger partial charge in [0.25, 0.3) is 0 Å². The van der Waals surface area contributed by atoms with Gasteiger partial charge in [-0.15, -0.1) is 0 Å². The molecule has 1 fully saturated rings. The standard InChI is InChI=1S/C19H27INO5/c1-18(2,3)26-17(23)21-12-8-11-19(21,16(22)24-4)14-20-25-13-15-9-6-5-7-10-15/h5-7,9-10H,8,11-14H2,1-4H3/q-1. The van der Waals surface area contributed by atoms with Crippen LogP contribution in [0.1, 0.15) is 39.2 Å². The van der Waals surface area contributed by atoms with E-state index in [4.69, 9.17) is 12.5 Å². The van der Waals surface area contributed by atoms with Gasteiger partial charge >= 0.3 is 166 Å². The third kappa shape index (κ3) is 5.33. The van der Waals surface area contributed by atoms with E-state index in [0.717, 1.165) is 12.0 Å². The van der Waals surface area contributed by atoms with Crippen molar-refractivity contribution in [2.45, 2.75) is 51.4 Å². The molecule has 0 spiro atoms.